The first-order valence-corrected chi connectivity index (χ1v) is 18.4. The Morgan fingerprint density at radius 1 is 0.481 bits per heavy atom. The maximum absolute atomic E-state index is 2.55. The Morgan fingerprint density at radius 2 is 1.21 bits per heavy atom. The van der Waals surface area contributed by atoms with Crippen molar-refractivity contribution in [2.45, 2.75) is 24.8 Å². The van der Waals surface area contributed by atoms with Gasteiger partial charge < -0.3 is 9.47 Å². The summed E-state index contributed by atoms with van der Waals surface area (Å²) in [5.41, 5.74) is 18.2. The number of allylic oxidation sites excluding steroid dienone is 2. The standard InChI is InChI=1S/C50H36N2/c1-3-14-41(15-4-1)52-46-26-22-35(30-39(46)33-50(52)28-9-2-10-29-50)36-23-27-48-45(32-36)44-17-7-8-19-47(44)51(48)40-24-20-34(21-25-40)42-18-11-13-38-31-37-12-5-6-16-43(37)49(38)42/h1-28,30,32H,29,31,33H2. The van der Waals surface area contributed by atoms with Crippen molar-refractivity contribution in [1.29, 1.82) is 0 Å². The average molecular weight is 665 g/mol. The summed E-state index contributed by atoms with van der Waals surface area (Å²) in [4.78, 5) is 2.55. The zero-order valence-corrected chi connectivity index (χ0v) is 28.8. The fourth-order valence-corrected chi connectivity index (χ4v) is 9.35. The number of hydrogen-bond acceptors (Lipinski definition) is 1. The molecule has 11 rings (SSSR count). The van der Waals surface area contributed by atoms with E-state index in [0.29, 0.717) is 0 Å². The molecule has 1 aliphatic heterocycles. The van der Waals surface area contributed by atoms with Crippen molar-refractivity contribution < 1.29 is 0 Å². The van der Waals surface area contributed by atoms with Gasteiger partial charge in [-0.05, 0) is 118 Å². The molecule has 1 atom stereocenters. The van der Waals surface area contributed by atoms with Gasteiger partial charge in [0.2, 0.25) is 0 Å². The molecule has 2 heteroatoms. The zero-order chi connectivity index (χ0) is 34.2. The molecule has 1 unspecified atom stereocenters. The highest BCUT2D eigenvalue weighted by Crippen LogP contribution is 2.49. The summed E-state index contributed by atoms with van der Waals surface area (Å²) in [5.74, 6) is 0. The number of nitrogens with zero attached hydrogens (tertiary/aromatic N) is 2. The van der Waals surface area contributed by atoms with Crippen molar-refractivity contribution in [3.63, 3.8) is 0 Å². The molecule has 2 aliphatic carbocycles. The zero-order valence-electron chi connectivity index (χ0n) is 28.8. The molecule has 1 spiro atoms. The lowest BCUT2D eigenvalue weighted by atomic mass is 9.86. The molecule has 0 N–H and O–H groups in total. The van der Waals surface area contributed by atoms with Crippen LogP contribution >= 0.6 is 0 Å². The van der Waals surface area contributed by atoms with Crippen molar-refractivity contribution in [2.24, 2.45) is 0 Å². The first kappa shape index (κ1) is 29.4. The number of para-hydroxylation sites is 2. The molecule has 52 heavy (non-hydrogen) atoms. The lowest BCUT2D eigenvalue weighted by molar-refractivity contribution is 0.545. The van der Waals surface area contributed by atoms with E-state index in [9.17, 15) is 0 Å². The number of fused-ring (bicyclic) bond motifs is 7. The minimum absolute atomic E-state index is 0.0744. The second-order valence-electron chi connectivity index (χ2n) is 14.6. The number of aromatic nitrogens is 1. The van der Waals surface area contributed by atoms with Crippen molar-refractivity contribution in [3.8, 4) is 39.1 Å². The van der Waals surface area contributed by atoms with E-state index >= 15 is 0 Å². The van der Waals surface area contributed by atoms with Gasteiger partial charge in [0, 0.05) is 34.3 Å². The van der Waals surface area contributed by atoms with Crippen molar-refractivity contribution in [3.05, 3.63) is 199 Å². The third-order valence-electron chi connectivity index (χ3n) is 11.7. The van der Waals surface area contributed by atoms with Crippen LogP contribution in [-0.2, 0) is 12.8 Å². The first-order valence-electron chi connectivity index (χ1n) is 18.4. The molecular weight excluding hydrogens is 629 g/mol. The molecule has 7 aromatic carbocycles. The average Bonchev–Trinajstić information content (AvgIpc) is 3.85. The second kappa shape index (κ2) is 11.3. The number of rotatable bonds is 4. The monoisotopic (exact) mass is 664 g/mol. The van der Waals surface area contributed by atoms with Gasteiger partial charge in [-0.2, -0.15) is 0 Å². The summed E-state index contributed by atoms with van der Waals surface area (Å²) in [5, 5.41) is 2.55. The third kappa shape index (κ3) is 4.37. The minimum Gasteiger partial charge on any atom is -0.331 e. The topological polar surface area (TPSA) is 8.17 Å². The Hall–Kier alpha value is -6.38. The van der Waals surface area contributed by atoms with Crippen LogP contribution in [-0.4, -0.2) is 10.1 Å². The van der Waals surface area contributed by atoms with Gasteiger partial charge in [0.15, 0.2) is 0 Å². The highest BCUT2D eigenvalue weighted by atomic mass is 15.2. The van der Waals surface area contributed by atoms with E-state index in [4.69, 9.17) is 0 Å². The Labute approximate surface area is 304 Å². The normalized spacial score (nSPS) is 16.9. The maximum Gasteiger partial charge on any atom is 0.0712 e. The summed E-state index contributed by atoms with van der Waals surface area (Å²) in [6.45, 7) is 0. The van der Waals surface area contributed by atoms with E-state index < -0.39 is 0 Å². The number of hydrogen-bond donors (Lipinski definition) is 0. The number of benzene rings is 7. The van der Waals surface area contributed by atoms with Gasteiger partial charge in [-0.15, -0.1) is 0 Å². The summed E-state index contributed by atoms with van der Waals surface area (Å²) in [6.07, 6.45) is 12.1. The van der Waals surface area contributed by atoms with E-state index in [1.165, 1.54) is 88.9 Å². The van der Waals surface area contributed by atoms with Crippen molar-refractivity contribution in [1.82, 2.24) is 4.57 Å². The number of anilines is 2. The van der Waals surface area contributed by atoms with Gasteiger partial charge >= 0.3 is 0 Å². The molecule has 3 aliphatic rings. The van der Waals surface area contributed by atoms with Gasteiger partial charge in [0.05, 0.1) is 16.6 Å². The van der Waals surface area contributed by atoms with Crippen LogP contribution < -0.4 is 4.90 Å². The van der Waals surface area contributed by atoms with E-state index in [-0.39, 0.29) is 5.54 Å². The van der Waals surface area contributed by atoms with Crippen LogP contribution in [0.4, 0.5) is 11.4 Å². The molecular formula is C50H36N2. The molecule has 0 amide bonds. The Morgan fingerprint density at radius 3 is 2.10 bits per heavy atom. The predicted octanol–water partition coefficient (Wildman–Crippen LogP) is 12.6. The summed E-state index contributed by atoms with van der Waals surface area (Å²) in [7, 11) is 0. The minimum atomic E-state index is -0.0744. The maximum atomic E-state index is 2.55. The smallest absolute Gasteiger partial charge is 0.0712 e. The van der Waals surface area contributed by atoms with E-state index in [2.05, 4.69) is 191 Å². The molecule has 8 aromatic rings. The van der Waals surface area contributed by atoms with Gasteiger partial charge in [-0.3, -0.25) is 0 Å². The molecule has 2 heterocycles. The summed E-state index contributed by atoms with van der Waals surface area (Å²) >= 11 is 0. The molecule has 0 radical (unpaired) electrons. The van der Waals surface area contributed by atoms with Gasteiger partial charge in [0.25, 0.3) is 0 Å². The fourth-order valence-electron chi connectivity index (χ4n) is 9.35. The van der Waals surface area contributed by atoms with Crippen molar-refractivity contribution >= 4 is 33.2 Å². The lowest BCUT2D eigenvalue weighted by Crippen LogP contribution is -2.42. The van der Waals surface area contributed by atoms with E-state index in [1.54, 1.807) is 0 Å². The Balaban J connectivity index is 0.987. The molecule has 0 bridgehead atoms. The van der Waals surface area contributed by atoms with Crippen LogP contribution in [0.25, 0.3) is 60.9 Å². The molecule has 0 saturated carbocycles. The van der Waals surface area contributed by atoms with Gasteiger partial charge in [0.1, 0.15) is 0 Å². The van der Waals surface area contributed by atoms with Crippen LogP contribution in [0.3, 0.4) is 0 Å². The quantitative estimate of drug-likeness (QED) is 0.182. The van der Waals surface area contributed by atoms with Crippen LogP contribution in [0, 0.1) is 0 Å². The lowest BCUT2D eigenvalue weighted by Gasteiger charge is -2.38. The first-order chi connectivity index (χ1) is 25.7. The Bertz CT molecular complexity index is 2760. The highest BCUT2D eigenvalue weighted by molar-refractivity contribution is 6.10. The fraction of sp³-hybridized carbons (Fsp3) is 0.0800. The van der Waals surface area contributed by atoms with Gasteiger partial charge in [-0.1, -0.05) is 127 Å². The summed E-state index contributed by atoms with van der Waals surface area (Å²) in [6, 6.07) is 58.6. The molecule has 0 fully saturated rings. The molecule has 2 nitrogen and oxygen atoms in total. The Kier molecular flexibility index (Phi) is 6.39. The largest absolute Gasteiger partial charge is 0.331 e. The SMILES string of the molecule is C1=CCC2(C=C1)Cc1cc(-c3ccc4c(c3)c3ccccc3n4-c3ccc(-c4cccc5c4-c4ccccc4C5)cc3)ccc1N2c1ccccc1. The van der Waals surface area contributed by atoms with E-state index in [0.717, 1.165) is 19.3 Å². The van der Waals surface area contributed by atoms with Gasteiger partial charge in [-0.25, -0.2) is 0 Å². The molecule has 246 valence electrons. The third-order valence-corrected chi connectivity index (χ3v) is 11.7. The van der Waals surface area contributed by atoms with Crippen LogP contribution in [0.1, 0.15) is 23.1 Å². The van der Waals surface area contributed by atoms with Crippen LogP contribution in [0.15, 0.2) is 182 Å². The predicted molar refractivity (Wildman–Crippen MR) is 218 cm³/mol. The van der Waals surface area contributed by atoms with E-state index in [1.807, 2.05) is 0 Å². The highest BCUT2D eigenvalue weighted by Gasteiger charge is 2.42. The molecule has 0 saturated heterocycles. The summed E-state index contributed by atoms with van der Waals surface area (Å²) < 4.78 is 2.43. The second-order valence-corrected chi connectivity index (χ2v) is 14.6. The molecule has 1 aromatic heterocycles. The van der Waals surface area contributed by atoms with Crippen molar-refractivity contribution in [2.75, 3.05) is 4.90 Å². The van der Waals surface area contributed by atoms with Crippen LogP contribution in [0.5, 0.6) is 0 Å². The van der Waals surface area contributed by atoms with Crippen LogP contribution in [0.2, 0.25) is 0 Å².